The maximum Gasteiger partial charge on any atom is 0.320 e. The van der Waals surface area contributed by atoms with E-state index in [2.05, 4.69) is 5.32 Å². The molecule has 0 spiro atoms. The van der Waals surface area contributed by atoms with Gasteiger partial charge in [0, 0.05) is 26.7 Å². The molecule has 2 N–H and O–H groups in total. The predicted molar refractivity (Wildman–Crippen MR) is 77.9 cm³/mol. The molecule has 1 rings (SSSR count). The van der Waals surface area contributed by atoms with Crippen LogP contribution in [-0.4, -0.2) is 66.0 Å². The molecule has 7 nitrogen and oxygen atoms in total. The number of nitrogens with zero attached hydrogens (tertiary/aromatic N) is 2. The van der Waals surface area contributed by atoms with Crippen LogP contribution in [0.3, 0.4) is 0 Å². The molecule has 0 aliphatic carbocycles. The summed E-state index contributed by atoms with van der Waals surface area (Å²) in [5, 5.41) is 12.1. The first-order chi connectivity index (χ1) is 9.86. The second kappa shape index (κ2) is 7.28. The molecule has 0 saturated carbocycles. The molecule has 1 atom stereocenters. The largest absolute Gasteiger partial charge is 0.481 e. The Balaban J connectivity index is 2.69. The van der Waals surface area contributed by atoms with E-state index >= 15 is 0 Å². The molecule has 1 saturated heterocycles. The van der Waals surface area contributed by atoms with Crippen molar-refractivity contribution in [2.45, 2.75) is 33.1 Å². The van der Waals surface area contributed by atoms with Crippen LogP contribution >= 0.6 is 0 Å². The minimum atomic E-state index is -0.861. The minimum Gasteiger partial charge on any atom is -0.481 e. The summed E-state index contributed by atoms with van der Waals surface area (Å²) >= 11 is 0. The summed E-state index contributed by atoms with van der Waals surface area (Å²) in [6.07, 6.45) is 1.75. The monoisotopic (exact) mass is 299 g/mol. The molecule has 1 fully saturated rings. The highest BCUT2D eigenvalue weighted by Crippen LogP contribution is 2.33. The summed E-state index contributed by atoms with van der Waals surface area (Å²) in [5.74, 6) is -1.07. The standard InChI is InChI=1S/C14H25N3O4/c1-4-14(12(19)20)7-6-8-17(10-14)13(21)16(3)9-11(18)15-5-2/h4-10H2,1-3H3,(H,15,18)(H,19,20). The zero-order chi connectivity index (χ0) is 16.0. The van der Waals surface area contributed by atoms with Gasteiger partial charge in [-0.3, -0.25) is 9.59 Å². The van der Waals surface area contributed by atoms with Crippen LogP contribution in [0.25, 0.3) is 0 Å². The van der Waals surface area contributed by atoms with E-state index in [-0.39, 0.29) is 25.0 Å². The number of hydrogen-bond donors (Lipinski definition) is 2. The number of carboxylic acid groups (broad SMARTS) is 1. The first-order valence-electron chi connectivity index (χ1n) is 7.36. The van der Waals surface area contributed by atoms with Crippen LogP contribution in [0.4, 0.5) is 4.79 Å². The molecule has 3 amide bonds. The molecule has 1 aliphatic rings. The second-order valence-corrected chi connectivity index (χ2v) is 5.56. The molecule has 1 heterocycles. The molecule has 21 heavy (non-hydrogen) atoms. The van der Waals surface area contributed by atoms with Crippen molar-refractivity contribution in [3.8, 4) is 0 Å². The quantitative estimate of drug-likeness (QED) is 0.784. The minimum absolute atomic E-state index is 0.0185. The van der Waals surface area contributed by atoms with E-state index in [0.717, 1.165) is 0 Å². The number of likely N-dealkylation sites (tertiary alicyclic amines) is 1. The van der Waals surface area contributed by atoms with Gasteiger partial charge >= 0.3 is 12.0 Å². The Labute approximate surface area is 125 Å². The normalized spacial score (nSPS) is 21.8. The lowest BCUT2D eigenvalue weighted by atomic mass is 9.78. The SMILES string of the molecule is CCNC(=O)CN(C)C(=O)N1CCCC(CC)(C(=O)O)C1. The Bertz CT molecular complexity index is 413. The zero-order valence-corrected chi connectivity index (χ0v) is 13.0. The van der Waals surface area contributed by atoms with Crippen molar-refractivity contribution in [1.29, 1.82) is 0 Å². The Morgan fingerprint density at radius 2 is 2.00 bits per heavy atom. The average molecular weight is 299 g/mol. The van der Waals surface area contributed by atoms with Gasteiger partial charge < -0.3 is 20.2 Å². The predicted octanol–water partition coefficient (Wildman–Crippen LogP) is 0.751. The smallest absolute Gasteiger partial charge is 0.320 e. The highest BCUT2D eigenvalue weighted by atomic mass is 16.4. The lowest BCUT2D eigenvalue weighted by Crippen LogP contribution is -2.53. The van der Waals surface area contributed by atoms with Gasteiger partial charge in [0.05, 0.1) is 5.41 Å². The maximum absolute atomic E-state index is 12.3. The lowest BCUT2D eigenvalue weighted by Gasteiger charge is -2.40. The first kappa shape index (κ1) is 17.3. The average Bonchev–Trinajstić information content (AvgIpc) is 2.46. The van der Waals surface area contributed by atoms with Crippen molar-refractivity contribution >= 4 is 17.9 Å². The van der Waals surface area contributed by atoms with Gasteiger partial charge in [-0.15, -0.1) is 0 Å². The van der Waals surface area contributed by atoms with E-state index in [0.29, 0.717) is 32.4 Å². The van der Waals surface area contributed by atoms with Crippen LogP contribution in [-0.2, 0) is 9.59 Å². The third-order valence-electron chi connectivity index (χ3n) is 4.06. The molecule has 120 valence electrons. The second-order valence-electron chi connectivity index (χ2n) is 5.56. The third kappa shape index (κ3) is 4.09. The van der Waals surface area contributed by atoms with Crippen LogP contribution in [0.1, 0.15) is 33.1 Å². The van der Waals surface area contributed by atoms with Crippen molar-refractivity contribution in [2.24, 2.45) is 5.41 Å². The van der Waals surface area contributed by atoms with Crippen LogP contribution in [0, 0.1) is 5.41 Å². The number of rotatable bonds is 5. The first-order valence-corrected chi connectivity index (χ1v) is 7.36. The Hall–Kier alpha value is -1.79. The van der Waals surface area contributed by atoms with Gasteiger partial charge in [-0.2, -0.15) is 0 Å². The summed E-state index contributed by atoms with van der Waals surface area (Å²) in [6, 6.07) is -0.292. The Kier molecular flexibility index (Phi) is 5.99. The molecule has 1 aliphatic heterocycles. The van der Waals surface area contributed by atoms with Crippen LogP contribution in [0.5, 0.6) is 0 Å². The van der Waals surface area contributed by atoms with Crippen molar-refractivity contribution < 1.29 is 19.5 Å². The van der Waals surface area contributed by atoms with Gasteiger partial charge in [-0.25, -0.2) is 4.79 Å². The van der Waals surface area contributed by atoms with Crippen LogP contribution in [0.2, 0.25) is 0 Å². The van der Waals surface area contributed by atoms with Gasteiger partial charge in [0.1, 0.15) is 6.54 Å². The number of likely N-dealkylation sites (N-methyl/N-ethyl adjacent to an activating group) is 2. The molecule has 0 bridgehead atoms. The van der Waals surface area contributed by atoms with Crippen LogP contribution in [0.15, 0.2) is 0 Å². The van der Waals surface area contributed by atoms with Crippen molar-refractivity contribution in [1.82, 2.24) is 15.1 Å². The van der Waals surface area contributed by atoms with E-state index < -0.39 is 11.4 Å². The number of nitrogens with one attached hydrogen (secondary N) is 1. The number of amides is 3. The number of hydrogen-bond acceptors (Lipinski definition) is 3. The van der Waals surface area contributed by atoms with Crippen molar-refractivity contribution in [3.63, 3.8) is 0 Å². The molecular formula is C14H25N3O4. The fourth-order valence-electron chi connectivity index (χ4n) is 2.69. The Morgan fingerprint density at radius 3 is 2.52 bits per heavy atom. The molecule has 1 unspecified atom stereocenters. The summed E-state index contributed by atoms with van der Waals surface area (Å²) in [4.78, 5) is 38.2. The number of aliphatic carboxylic acids is 1. The summed E-state index contributed by atoms with van der Waals surface area (Å²) in [7, 11) is 1.56. The fourth-order valence-corrected chi connectivity index (χ4v) is 2.69. The van der Waals surface area contributed by atoms with E-state index in [1.807, 2.05) is 13.8 Å². The van der Waals surface area contributed by atoms with Gasteiger partial charge in [0.25, 0.3) is 0 Å². The van der Waals surface area contributed by atoms with E-state index in [1.165, 1.54) is 4.90 Å². The number of urea groups is 1. The summed E-state index contributed by atoms with van der Waals surface area (Å²) in [5.41, 5.74) is -0.861. The number of carbonyl (C=O) groups is 3. The molecule has 0 aromatic rings. The summed E-state index contributed by atoms with van der Waals surface area (Å²) in [6.45, 7) is 4.89. The van der Waals surface area contributed by atoms with Gasteiger partial charge in [0.2, 0.25) is 5.91 Å². The molecular weight excluding hydrogens is 274 g/mol. The molecule has 0 aromatic heterocycles. The van der Waals surface area contributed by atoms with Gasteiger partial charge in [0.15, 0.2) is 0 Å². The summed E-state index contributed by atoms with van der Waals surface area (Å²) < 4.78 is 0. The fraction of sp³-hybridized carbons (Fsp3) is 0.786. The molecule has 7 heteroatoms. The number of piperidine rings is 1. The van der Waals surface area contributed by atoms with Crippen molar-refractivity contribution in [2.75, 3.05) is 33.2 Å². The van der Waals surface area contributed by atoms with Crippen LogP contribution < -0.4 is 5.32 Å². The Morgan fingerprint density at radius 1 is 1.33 bits per heavy atom. The lowest BCUT2D eigenvalue weighted by molar-refractivity contribution is -0.152. The zero-order valence-electron chi connectivity index (χ0n) is 13.0. The number of carboxylic acids is 1. The van der Waals surface area contributed by atoms with Gasteiger partial charge in [-0.1, -0.05) is 6.92 Å². The maximum atomic E-state index is 12.3. The number of carbonyl (C=O) groups excluding carboxylic acids is 2. The topological polar surface area (TPSA) is 90.0 Å². The van der Waals surface area contributed by atoms with E-state index in [1.54, 1.807) is 11.9 Å². The van der Waals surface area contributed by atoms with Gasteiger partial charge in [-0.05, 0) is 26.2 Å². The van der Waals surface area contributed by atoms with E-state index in [4.69, 9.17) is 0 Å². The molecule has 0 radical (unpaired) electrons. The van der Waals surface area contributed by atoms with E-state index in [9.17, 15) is 19.5 Å². The highest BCUT2D eigenvalue weighted by Gasteiger charge is 2.42. The molecule has 0 aromatic carbocycles. The van der Waals surface area contributed by atoms with Crippen molar-refractivity contribution in [3.05, 3.63) is 0 Å². The highest BCUT2D eigenvalue weighted by molar-refractivity contribution is 5.84. The third-order valence-corrected chi connectivity index (χ3v) is 4.06.